The average molecular weight is 213 g/mol. The topological polar surface area (TPSA) is 44.8 Å². The van der Waals surface area contributed by atoms with Gasteiger partial charge >= 0.3 is 8.80 Å². The first kappa shape index (κ1) is 16.6. The van der Waals surface area contributed by atoms with Crippen LogP contribution in [0.5, 0.6) is 0 Å². The normalized spacial score (nSPS) is 10.6. The second-order valence-electron chi connectivity index (χ2n) is 2.85. The summed E-state index contributed by atoms with van der Waals surface area (Å²) in [6.45, 7) is 3.72. The van der Waals surface area contributed by atoms with E-state index >= 15 is 0 Å². The molecule has 79 valence electrons. The Morgan fingerprint density at radius 1 is 1.29 bits per heavy atom. The van der Waals surface area contributed by atoms with Crippen LogP contribution in [0.1, 0.15) is 26.2 Å². The van der Waals surface area contributed by atoms with Gasteiger partial charge in [-0.3, -0.25) is 4.79 Å². The Balaban J connectivity index is 0. The summed E-state index contributed by atoms with van der Waals surface area (Å²) in [5.74, 6) is -0.236. The van der Waals surface area contributed by atoms with Gasteiger partial charge in [0.05, 0.1) is 0 Å². The van der Waals surface area contributed by atoms with E-state index in [0.717, 1.165) is 12.8 Å². The van der Waals surface area contributed by atoms with E-state index in [-0.39, 0.29) is 24.8 Å². The maximum atomic E-state index is 11.2. The minimum Gasteiger partial charge on any atom is -0.473 e. The van der Waals surface area contributed by atoms with Crippen molar-refractivity contribution in [2.75, 3.05) is 14.2 Å². The van der Waals surface area contributed by atoms with Crippen molar-refractivity contribution in [3.63, 3.8) is 0 Å². The summed E-state index contributed by atoms with van der Waals surface area (Å²) in [6, 6.07) is 0. The third-order valence-electron chi connectivity index (χ3n) is 1.78. The first-order valence-electron chi connectivity index (χ1n) is 4.40. The molecule has 0 fully saturated rings. The van der Waals surface area contributed by atoms with Crippen molar-refractivity contribution >= 4 is 33.6 Å². The molecule has 0 heterocycles. The molecular weight excluding hydrogens is 195 g/mol. The Morgan fingerprint density at radius 2 is 1.79 bits per heavy atom. The van der Waals surface area contributed by atoms with E-state index in [1.165, 1.54) is 14.2 Å². The van der Waals surface area contributed by atoms with E-state index in [2.05, 4.69) is 0 Å². The summed E-state index contributed by atoms with van der Waals surface area (Å²) in [6.07, 6.45) is 2.26. The van der Waals surface area contributed by atoms with E-state index in [1.54, 1.807) is 6.55 Å². The number of rotatable bonds is 6. The average Bonchev–Trinajstić information content (AvgIpc) is 2.14. The first-order chi connectivity index (χ1) is 6.08. The Morgan fingerprint density at radius 3 is 2.14 bits per heavy atom. The summed E-state index contributed by atoms with van der Waals surface area (Å²) in [5.41, 5.74) is 0. The predicted octanol–water partition coefficient (Wildman–Crippen LogP) is 1.20. The van der Waals surface area contributed by atoms with Crippen molar-refractivity contribution in [3.05, 3.63) is 0 Å². The Hall–Kier alpha value is 0.204. The molecule has 14 heavy (non-hydrogen) atoms. The number of unbranched alkanes of at least 4 members (excludes halogenated alkanes) is 1. The van der Waals surface area contributed by atoms with Gasteiger partial charge in [0.2, 0.25) is 0 Å². The van der Waals surface area contributed by atoms with Crippen molar-refractivity contribution in [3.8, 4) is 0 Å². The maximum absolute atomic E-state index is 11.2. The van der Waals surface area contributed by atoms with Crippen LogP contribution in [-0.4, -0.2) is 47.9 Å². The van der Waals surface area contributed by atoms with Crippen LogP contribution in [-0.2, 0) is 18.1 Å². The van der Waals surface area contributed by atoms with E-state index in [4.69, 9.17) is 13.3 Å². The van der Waals surface area contributed by atoms with E-state index in [0.29, 0.717) is 6.42 Å². The van der Waals surface area contributed by atoms with Gasteiger partial charge in [0, 0.05) is 46.0 Å². The summed E-state index contributed by atoms with van der Waals surface area (Å²) in [7, 11) is 0.318. The molecule has 0 N–H and O–H groups in total. The third kappa shape index (κ3) is 6.63. The molecule has 0 unspecified atom stereocenters. The van der Waals surface area contributed by atoms with Gasteiger partial charge in [-0.2, -0.15) is 0 Å². The summed E-state index contributed by atoms with van der Waals surface area (Å²) >= 11 is 0. The number of carbonyl (C=O) groups is 1. The Kier molecular flexibility index (Phi) is 10.1. The van der Waals surface area contributed by atoms with Crippen LogP contribution in [0.25, 0.3) is 0 Å². The van der Waals surface area contributed by atoms with Gasteiger partial charge in [-0.05, 0) is 6.42 Å². The molecule has 0 aromatic heterocycles. The maximum Gasteiger partial charge on any atom is 0.564 e. The monoisotopic (exact) mass is 213 g/mol. The molecule has 0 bridgehead atoms. The van der Waals surface area contributed by atoms with Gasteiger partial charge in [0.15, 0.2) is 0 Å². The van der Waals surface area contributed by atoms with Crippen molar-refractivity contribution in [2.45, 2.75) is 32.7 Å². The molecule has 1 radical (unpaired) electrons. The van der Waals surface area contributed by atoms with Crippen LogP contribution in [0.2, 0.25) is 6.55 Å². The SMILES string of the molecule is CCCCC(=O)O[Si](C)(OC)OC.[Li]. The van der Waals surface area contributed by atoms with Crippen LogP contribution in [0.15, 0.2) is 0 Å². The smallest absolute Gasteiger partial charge is 0.473 e. The first-order valence-corrected chi connectivity index (χ1v) is 6.62. The van der Waals surface area contributed by atoms with Crippen LogP contribution in [0.4, 0.5) is 0 Å². The van der Waals surface area contributed by atoms with Gasteiger partial charge in [0.25, 0.3) is 5.97 Å². The minimum absolute atomic E-state index is 0. The molecule has 0 amide bonds. The molecule has 0 rings (SSSR count). The second kappa shape index (κ2) is 8.51. The summed E-state index contributed by atoms with van der Waals surface area (Å²) < 4.78 is 15.1. The standard InChI is InChI=1S/C8H18O4Si.Li/c1-5-6-7-8(9)12-13(4,10-2)11-3;/h5-7H2,1-4H3;. The quantitative estimate of drug-likeness (QED) is 0.622. The third-order valence-corrected chi connectivity index (χ3v) is 3.86. The van der Waals surface area contributed by atoms with Crippen LogP contribution < -0.4 is 0 Å². The molecule has 6 heteroatoms. The van der Waals surface area contributed by atoms with Crippen molar-refractivity contribution in [1.82, 2.24) is 0 Å². The van der Waals surface area contributed by atoms with Gasteiger partial charge in [0.1, 0.15) is 0 Å². The van der Waals surface area contributed by atoms with E-state index in [1.807, 2.05) is 6.92 Å². The molecule has 0 aliphatic carbocycles. The molecule has 0 saturated heterocycles. The van der Waals surface area contributed by atoms with E-state index in [9.17, 15) is 4.79 Å². The fraction of sp³-hybridized carbons (Fsp3) is 0.875. The van der Waals surface area contributed by atoms with Crippen LogP contribution >= 0.6 is 0 Å². The number of hydrogen-bond donors (Lipinski definition) is 0. The van der Waals surface area contributed by atoms with Gasteiger partial charge in [-0.1, -0.05) is 13.3 Å². The molecule has 0 spiro atoms. The predicted molar refractivity (Wildman–Crippen MR) is 57.0 cm³/mol. The largest absolute Gasteiger partial charge is 0.564 e. The minimum atomic E-state index is -2.66. The molecule has 0 aliphatic rings. The number of carbonyl (C=O) groups excluding carboxylic acids is 1. The van der Waals surface area contributed by atoms with Gasteiger partial charge < -0.3 is 13.3 Å². The molecular formula is C8H18LiO4Si. The van der Waals surface area contributed by atoms with Gasteiger partial charge in [-0.15, -0.1) is 0 Å². The van der Waals surface area contributed by atoms with E-state index < -0.39 is 8.80 Å². The van der Waals surface area contributed by atoms with Crippen molar-refractivity contribution in [1.29, 1.82) is 0 Å². The molecule has 0 aromatic rings. The zero-order chi connectivity index (χ0) is 10.3. The molecule has 0 aliphatic heterocycles. The molecule has 0 aromatic carbocycles. The second-order valence-corrected chi connectivity index (χ2v) is 5.59. The van der Waals surface area contributed by atoms with Crippen LogP contribution in [0, 0.1) is 0 Å². The summed E-state index contributed by atoms with van der Waals surface area (Å²) in [4.78, 5) is 11.2. The zero-order valence-electron chi connectivity index (χ0n) is 9.75. The van der Waals surface area contributed by atoms with Gasteiger partial charge in [-0.25, -0.2) is 0 Å². The molecule has 0 saturated carbocycles. The number of hydrogen-bond acceptors (Lipinski definition) is 4. The molecule has 4 nitrogen and oxygen atoms in total. The Labute approximate surface area is 98.8 Å². The summed E-state index contributed by atoms with van der Waals surface area (Å²) in [5, 5.41) is 0. The van der Waals surface area contributed by atoms with Crippen molar-refractivity contribution < 1.29 is 18.1 Å². The van der Waals surface area contributed by atoms with Crippen molar-refractivity contribution in [2.24, 2.45) is 0 Å². The fourth-order valence-electron chi connectivity index (χ4n) is 0.746. The Bertz CT molecular complexity index is 161. The van der Waals surface area contributed by atoms with Crippen LogP contribution in [0.3, 0.4) is 0 Å². The fourth-order valence-corrected chi connectivity index (χ4v) is 1.59. The zero-order valence-corrected chi connectivity index (χ0v) is 10.8. The molecule has 0 atom stereocenters.